The van der Waals surface area contributed by atoms with Crippen LogP contribution in [0.5, 0.6) is 0 Å². The fourth-order valence-corrected chi connectivity index (χ4v) is 4.47. The van der Waals surface area contributed by atoms with Crippen LogP contribution in [0, 0.1) is 5.92 Å². The standard InChI is InChI=1S/C20H27N5O.2ClH/c1-23-13-17(11-22-23)25-9-5-8-19(20(25)26)24-12-16(10-21)18(14-24)15-6-3-2-4-7-15;;/h2-4,6-7,11,13,16,18-19H,5,8-10,12,14,21H2,1H3;2*1H/t16-,18+,19?;;/m1../s1. The number of rotatable bonds is 4. The minimum atomic E-state index is -0.0493. The van der Waals surface area contributed by atoms with Crippen LogP contribution in [0.2, 0.25) is 0 Å². The van der Waals surface area contributed by atoms with E-state index in [0.29, 0.717) is 18.4 Å². The van der Waals surface area contributed by atoms with E-state index in [1.165, 1.54) is 5.56 Å². The third kappa shape index (κ3) is 4.35. The Morgan fingerprint density at radius 2 is 1.93 bits per heavy atom. The number of aryl methyl sites for hydroxylation is 1. The number of carbonyl (C=O) groups excluding carboxylic acids is 1. The van der Waals surface area contributed by atoms with Gasteiger partial charge in [0.25, 0.3) is 0 Å². The van der Waals surface area contributed by atoms with Gasteiger partial charge in [-0.3, -0.25) is 14.4 Å². The maximum Gasteiger partial charge on any atom is 0.244 e. The third-order valence-corrected chi connectivity index (χ3v) is 5.85. The third-order valence-electron chi connectivity index (χ3n) is 5.85. The molecule has 28 heavy (non-hydrogen) atoms. The molecule has 2 aliphatic heterocycles. The second kappa shape index (κ2) is 9.74. The summed E-state index contributed by atoms with van der Waals surface area (Å²) in [4.78, 5) is 17.4. The molecule has 0 saturated carbocycles. The maximum atomic E-state index is 13.2. The Bertz CT molecular complexity index is 769. The van der Waals surface area contributed by atoms with Gasteiger partial charge in [-0.15, -0.1) is 24.8 Å². The first-order valence-corrected chi connectivity index (χ1v) is 9.46. The van der Waals surface area contributed by atoms with Gasteiger partial charge < -0.3 is 10.6 Å². The van der Waals surface area contributed by atoms with Crippen LogP contribution >= 0.6 is 24.8 Å². The molecular weight excluding hydrogens is 397 g/mol. The lowest BCUT2D eigenvalue weighted by atomic mass is 9.89. The van der Waals surface area contributed by atoms with Gasteiger partial charge in [0.05, 0.1) is 17.9 Å². The van der Waals surface area contributed by atoms with Crippen LogP contribution in [0.4, 0.5) is 5.69 Å². The Morgan fingerprint density at radius 1 is 1.18 bits per heavy atom. The van der Waals surface area contributed by atoms with E-state index in [0.717, 1.165) is 38.2 Å². The minimum Gasteiger partial charge on any atom is -0.330 e. The Hall–Kier alpha value is -1.60. The highest BCUT2D eigenvalue weighted by atomic mass is 35.5. The van der Waals surface area contributed by atoms with Gasteiger partial charge in [0.15, 0.2) is 0 Å². The molecule has 8 heteroatoms. The molecule has 3 heterocycles. The maximum absolute atomic E-state index is 13.2. The van der Waals surface area contributed by atoms with Crippen molar-refractivity contribution in [1.82, 2.24) is 14.7 Å². The van der Waals surface area contributed by atoms with Gasteiger partial charge in [0.1, 0.15) is 0 Å². The van der Waals surface area contributed by atoms with Crippen molar-refractivity contribution in [2.45, 2.75) is 24.8 Å². The summed E-state index contributed by atoms with van der Waals surface area (Å²) >= 11 is 0. The monoisotopic (exact) mass is 425 g/mol. The Balaban J connectivity index is 0.00000140. The van der Waals surface area contributed by atoms with Crippen LogP contribution in [0.1, 0.15) is 24.3 Å². The SMILES string of the molecule is Cl.Cl.Cn1cc(N2CCCC(N3C[C@@H](CN)[C@H](c4ccccc4)C3)C2=O)cn1. The molecule has 0 aliphatic carbocycles. The van der Waals surface area contributed by atoms with E-state index < -0.39 is 0 Å². The Kier molecular flexibility index (Phi) is 7.89. The summed E-state index contributed by atoms with van der Waals surface area (Å²) in [6, 6.07) is 10.5. The molecule has 1 aromatic carbocycles. The van der Waals surface area contributed by atoms with Crippen LogP contribution < -0.4 is 10.6 Å². The highest BCUT2D eigenvalue weighted by Gasteiger charge is 2.41. The van der Waals surface area contributed by atoms with Gasteiger partial charge in [-0.1, -0.05) is 30.3 Å². The number of hydrogen-bond donors (Lipinski definition) is 1. The molecule has 2 N–H and O–H groups in total. The summed E-state index contributed by atoms with van der Waals surface area (Å²) in [7, 11) is 1.88. The average Bonchev–Trinajstić information content (AvgIpc) is 3.29. The lowest BCUT2D eigenvalue weighted by Gasteiger charge is -2.36. The number of carbonyl (C=O) groups is 1. The summed E-state index contributed by atoms with van der Waals surface area (Å²) in [5, 5.41) is 4.22. The molecule has 2 saturated heterocycles. The quantitative estimate of drug-likeness (QED) is 0.816. The van der Waals surface area contributed by atoms with Crippen molar-refractivity contribution >= 4 is 36.4 Å². The van der Waals surface area contributed by atoms with E-state index in [1.54, 1.807) is 10.9 Å². The largest absolute Gasteiger partial charge is 0.330 e. The lowest BCUT2D eigenvalue weighted by molar-refractivity contribution is -0.125. The number of hydrogen-bond acceptors (Lipinski definition) is 4. The molecule has 2 aliphatic rings. The van der Waals surface area contributed by atoms with Gasteiger partial charge in [0.2, 0.25) is 5.91 Å². The predicted molar refractivity (Wildman–Crippen MR) is 116 cm³/mol. The molecule has 0 bridgehead atoms. The number of halogens is 2. The highest BCUT2D eigenvalue weighted by Crippen LogP contribution is 2.35. The van der Waals surface area contributed by atoms with Crippen LogP contribution in [0.3, 0.4) is 0 Å². The minimum absolute atomic E-state index is 0. The zero-order chi connectivity index (χ0) is 18.1. The first-order chi connectivity index (χ1) is 12.7. The number of aromatic nitrogens is 2. The predicted octanol–water partition coefficient (Wildman–Crippen LogP) is 2.43. The average molecular weight is 426 g/mol. The molecule has 154 valence electrons. The van der Waals surface area contributed by atoms with E-state index in [1.807, 2.05) is 24.2 Å². The van der Waals surface area contributed by atoms with Crippen LogP contribution in [-0.2, 0) is 11.8 Å². The zero-order valence-corrected chi connectivity index (χ0v) is 17.7. The van der Waals surface area contributed by atoms with Crippen molar-refractivity contribution in [3.63, 3.8) is 0 Å². The summed E-state index contributed by atoms with van der Waals surface area (Å²) in [5.41, 5.74) is 8.31. The van der Waals surface area contributed by atoms with Crippen molar-refractivity contribution in [3.05, 3.63) is 48.3 Å². The summed E-state index contributed by atoms with van der Waals surface area (Å²) in [6.07, 6.45) is 5.64. The van der Waals surface area contributed by atoms with E-state index in [-0.39, 0.29) is 36.8 Å². The van der Waals surface area contributed by atoms with E-state index >= 15 is 0 Å². The van der Waals surface area contributed by atoms with Gasteiger partial charge >= 0.3 is 0 Å². The van der Waals surface area contributed by atoms with Crippen molar-refractivity contribution < 1.29 is 4.79 Å². The number of anilines is 1. The second-order valence-corrected chi connectivity index (χ2v) is 7.49. The molecule has 1 amide bonds. The zero-order valence-electron chi connectivity index (χ0n) is 16.1. The molecule has 3 atom stereocenters. The molecule has 2 aromatic rings. The fourth-order valence-electron chi connectivity index (χ4n) is 4.47. The van der Waals surface area contributed by atoms with Gasteiger partial charge in [-0.05, 0) is 30.9 Å². The number of amides is 1. The van der Waals surface area contributed by atoms with E-state index in [2.05, 4.69) is 34.3 Å². The smallest absolute Gasteiger partial charge is 0.244 e. The van der Waals surface area contributed by atoms with Crippen molar-refractivity contribution in [1.29, 1.82) is 0 Å². The molecule has 0 spiro atoms. The fraction of sp³-hybridized carbons (Fsp3) is 0.500. The van der Waals surface area contributed by atoms with Gasteiger partial charge in [-0.2, -0.15) is 5.10 Å². The van der Waals surface area contributed by atoms with Crippen molar-refractivity contribution in [2.75, 3.05) is 31.1 Å². The molecule has 2 fully saturated rings. The highest BCUT2D eigenvalue weighted by molar-refractivity contribution is 5.97. The topological polar surface area (TPSA) is 67.4 Å². The molecular formula is C20H29Cl2N5O. The van der Waals surface area contributed by atoms with Crippen LogP contribution in [0.15, 0.2) is 42.7 Å². The molecule has 4 rings (SSSR count). The molecule has 1 unspecified atom stereocenters. The second-order valence-electron chi connectivity index (χ2n) is 7.49. The molecule has 1 aromatic heterocycles. The van der Waals surface area contributed by atoms with Crippen LogP contribution in [0.25, 0.3) is 0 Å². The first kappa shape index (κ1) is 22.7. The number of likely N-dealkylation sites (tertiary alicyclic amines) is 1. The van der Waals surface area contributed by atoms with E-state index in [9.17, 15) is 4.79 Å². The summed E-state index contributed by atoms with van der Waals surface area (Å²) < 4.78 is 1.75. The van der Waals surface area contributed by atoms with Gasteiger partial charge in [0, 0.05) is 38.8 Å². The summed E-state index contributed by atoms with van der Waals surface area (Å²) in [6.45, 7) is 3.23. The van der Waals surface area contributed by atoms with E-state index in [4.69, 9.17) is 5.73 Å². The number of piperidine rings is 1. The lowest BCUT2D eigenvalue weighted by Crippen LogP contribution is -2.52. The number of benzene rings is 1. The Labute approximate surface area is 178 Å². The summed E-state index contributed by atoms with van der Waals surface area (Å²) in [5.74, 6) is 1.01. The van der Waals surface area contributed by atoms with Crippen molar-refractivity contribution in [3.8, 4) is 0 Å². The van der Waals surface area contributed by atoms with Crippen LogP contribution in [-0.4, -0.2) is 52.8 Å². The first-order valence-electron chi connectivity index (χ1n) is 9.46. The molecule has 0 radical (unpaired) electrons. The number of nitrogens with two attached hydrogens (primary N) is 1. The normalized spacial score (nSPS) is 25.3. The van der Waals surface area contributed by atoms with Gasteiger partial charge in [-0.25, -0.2) is 0 Å². The molecule has 6 nitrogen and oxygen atoms in total. The van der Waals surface area contributed by atoms with Crippen molar-refractivity contribution in [2.24, 2.45) is 18.7 Å². The Morgan fingerprint density at radius 3 is 2.57 bits per heavy atom. The number of nitrogens with zero attached hydrogens (tertiary/aromatic N) is 4.